The zero-order valence-electron chi connectivity index (χ0n) is 20.6. The first-order valence-electron chi connectivity index (χ1n) is 11.7. The summed E-state index contributed by atoms with van der Waals surface area (Å²) in [5, 5.41) is 1.61. The van der Waals surface area contributed by atoms with Crippen molar-refractivity contribution in [1.82, 2.24) is 9.97 Å². The number of anilines is 1. The maximum absolute atomic E-state index is 12.9. The lowest BCUT2D eigenvalue weighted by molar-refractivity contribution is -0.138. The summed E-state index contributed by atoms with van der Waals surface area (Å²) in [5.74, 6) is -0.0246. The molecular weight excluding hydrogens is 478 g/mol. The molecule has 0 radical (unpaired) electrons. The Labute approximate surface area is 214 Å². The number of Topliss-reactive ketones (excluding diaryl/α,β-unsaturated/α-hetero) is 1. The van der Waals surface area contributed by atoms with Crippen LogP contribution in [0.1, 0.15) is 56.2 Å². The number of fused-ring (bicyclic) bond motifs is 2. The van der Waals surface area contributed by atoms with E-state index in [0.29, 0.717) is 5.02 Å². The first-order valence-corrected chi connectivity index (χ1v) is 12.9. The molecule has 2 aromatic carbocycles. The van der Waals surface area contributed by atoms with Crippen molar-refractivity contribution >= 4 is 44.1 Å². The number of halogens is 1. The molecule has 0 bridgehead atoms. The number of benzene rings is 2. The molecule has 0 saturated heterocycles. The third-order valence-electron chi connectivity index (χ3n) is 6.11. The Bertz CT molecular complexity index is 1400. The molecule has 3 heterocycles. The lowest BCUT2D eigenvalue weighted by Gasteiger charge is -2.29. The SMILES string of the molecule is CC(=O)[C@@H](OC(C)(C)C)c1c(C)cc2nc(N3Cc4cccnc4C3)sc2c1-c1ccc(Cl)cc1. The Morgan fingerprint density at radius 2 is 1.91 bits per heavy atom. The fourth-order valence-electron chi connectivity index (χ4n) is 4.61. The van der Waals surface area contributed by atoms with E-state index in [2.05, 4.69) is 22.0 Å². The molecule has 1 aliphatic rings. The summed E-state index contributed by atoms with van der Waals surface area (Å²) in [4.78, 5) is 24.7. The van der Waals surface area contributed by atoms with Gasteiger partial charge in [0.1, 0.15) is 6.10 Å². The van der Waals surface area contributed by atoms with Gasteiger partial charge in [0.05, 0.1) is 28.1 Å². The lowest BCUT2D eigenvalue weighted by Crippen LogP contribution is -2.27. The van der Waals surface area contributed by atoms with Crippen LogP contribution in [-0.4, -0.2) is 21.4 Å². The van der Waals surface area contributed by atoms with E-state index in [0.717, 1.165) is 56.4 Å². The van der Waals surface area contributed by atoms with Gasteiger partial charge in [0.25, 0.3) is 0 Å². The number of ketones is 1. The molecule has 0 N–H and O–H groups in total. The van der Waals surface area contributed by atoms with E-state index < -0.39 is 11.7 Å². The van der Waals surface area contributed by atoms with Crippen LogP contribution >= 0.6 is 22.9 Å². The number of pyridine rings is 1. The number of carbonyl (C=O) groups is 1. The Morgan fingerprint density at radius 3 is 2.57 bits per heavy atom. The van der Waals surface area contributed by atoms with Gasteiger partial charge in [0.2, 0.25) is 0 Å². The molecule has 0 amide bonds. The zero-order chi connectivity index (χ0) is 24.9. The van der Waals surface area contributed by atoms with Gasteiger partial charge in [-0.15, -0.1) is 0 Å². The molecule has 0 saturated carbocycles. The summed E-state index contributed by atoms with van der Waals surface area (Å²) in [6, 6.07) is 13.9. The molecule has 7 heteroatoms. The Kier molecular flexibility index (Phi) is 6.16. The highest BCUT2D eigenvalue weighted by molar-refractivity contribution is 7.22. The summed E-state index contributed by atoms with van der Waals surface area (Å²) in [7, 11) is 0. The Balaban J connectivity index is 1.71. The fraction of sp³-hybridized carbons (Fsp3) is 0.321. The minimum absolute atomic E-state index is 0.0246. The van der Waals surface area contributed by atoms with Gasteiger partial charge in [-0.25, -0.2) is 4.98 Å². The van der Waals surface area contributed by atoms with E-state index in [9.17, 15) is 4.79 Å². The van der Waals surface area contributed by atoms with Gasteiger partial charge in [-0.05, 0) is 75.6 Å². The molecule has 0 spiro atoms. The molecule has 2 aromatic heterocycles. The molecule has 35 heavy (non-hydrogen) atoms. The van der Waals surface area contributed by atoms with Crippen molar-refractivity contribution in [2.75, 3.05) is 4.90 Å². The van der Waals surface area contributed by atoms with Crippen LogP contribution in [0.2, 0.25) is 5.02 Å². The molecule has 5 rings (SSSR count). The molecule has 0 unspecified atom stereocenters. The first kappa shape index (κ1) is 23.9. The van der Waals surface area contributed by atoms with Crippen molar-refractivity contribution in [2.24, 2.45) is 0 Å². The average Bonchev–Trinajstić information content (AvgIpc) is 3.40. The number of hydrogen-bond donors (Lipinski definition) is 0. The number of thiazole rings is 1. The van der Waals surface area contributed by atoms with Crippen LogP contribution in [0, 0.1) is 6.92 Å². The smallest absolute Gasteiger partial charge is 0.187 e. The zero-order valence-corrected chi connectivity index (χ0v) is 22.1. The largest absolute Gasteiger partial charge is 0.360 e. The lowest BCUT2D eigenvalue weighted by atomic mass is 9.90. The number of ether oxygens (including phenoxy) is 1. The van der Waals surface area contributed by atoms with E-state index in [1.807, 2.05) is 64.2 Å². The van der Waals surface area contributed by atoms with Crippen LogP contribution in [0.4, 0.5) is 5.13 Å². The molecule has 5 nitrogen and oxygen atoms in total. The van der Waals surface area contributed by atoms with Crippen LogP contribution < -0.4 is 4.90 Å². The van der Waals surface area contributed by atoms with Crippen molar-refractivity contribution in [3.63, 3.8) is 0 Å². The summed E-state index contributed by atoms with van der Waals surface area (Å²) in [6.45, 7) is 11.1. The monoisotopic (exact) mass is 505 g/mol. The van der Waals surface area contributed by atoms with Crippen LogP contribution in [-0.2, 0) is 22.6 Å². The van der Waals surface area contributed by atoms with Crippen molar-refractivity contribution < 1.29 is 9.53 Å². The number of carbonyl (C=O) groups excluding carboxylic acids is 1. The fourth-order valence-corrected chi connectivity index (χ4v) is 5.86. The van der Waals surface area contributed by atoms with Gasteiger partial charge in [-0.1, -0.05) is 41.1 Å². The number of rotatable bonds is 5. The predicted molar refractivity (Wildman–Crippen MR) is 143 cm³/mol. The quantitative estimate of drug-likeness (QED) is 0.285. The van der Waals surface area contributed by atoms with Crippen LogP contribution in [0.5, 0.6) is 0 Å². The highest BCUT2D eigenvalue weighted by Gasteiger charge is 2.31. The Hall–Kier alpha value is -2.80. The second-order valence-corrected chi connectivity index (χ2v) is 11.4. The molecule has 180 valence electrons. The van der Waals surface area contributed by atoms with Gasteiger partial charge in [-0.3, -0.25) is 9.78 Å². The van der Waals surface area contributed by atoms with Gasteiger partial charge >= 0.3 is 0 Å². The van der Waals surface area contributed by atoms with Crippen LogP contribution in [0.25, 0.3) is 21.3 Å². The third-order valence-corrected chi connectivity index (χ3v) is 7.51. The summed E-state index contributed by atoms with van der Waals surface area (Å²) >= 11 is 7.87. The second kappa shape index (κ2) is 9.01. The van der Waals surface area contributed by atoms with E-state index in [4.69, 9.17) is 21.3 Å². The van der Waals surface area contributed by atoms with Crippen molar-refractivity contribution in [2.45, 2.75) is 59.4 Å². The topological polar surface area (TPSA) is 55.3 Å². The highest BCUT2D eigenvalue weighted by Crippen LogP contribution is 2.45. The van der Waals surface area contributed by atoms with Gasteiger partial charge in [0.15, 0.2) is 10.9 Å². The average molecular weight is 506 g/mol. The standard InChI is InChI=1S/C28H28ClN3O2S/c1-16-13-21-26(35-27(31-21)32-14-19-7-6-12-30-22(19)15-32)24(18-8-10-20(29)11-9-18)23(16)25(17(2)33)34-28(3,4)5/h6-13,25H,14-15H2,1-5H3/t25-/m1/s1. The highest BCUT2D eigenvalue weighted by atomic mass is 35.5. The minimum atomic E-state index is -0.684. The second-order valence-electron chi connectivity index (χ2n) is 10.0. The first-order chi connectivity index (χ1) is 16.6. The number of aryl methyl sites for hydroxylation is 1. The molecule has 1 aliphatic heterocycles. The molecule has 4 aromatic rings. The molecular formula is C28H28ClN3O2S. The normalized spacial score (nSPS) is 14.4. The van der Waals surface area contributed by atoms with Gasteiger partial charge in [-0.2, -0.15) is 0 Å². The summed E-state index contributed by atoms with van der Waals surface area (Å²) < 4.78 is 7.38. The van der Waals surface area contributed by atoms with E-state index >= 15 is 0 Å². The summed E-state index contributed by atoms with van der Waals surface area (Å²) in [5.41, 5.74) is 6.61. The number of nitrogens with zero attached hydrogens (tertiary/aromatic N) is 3. The van der Waals surface area contributed by atoms with Gasteiger partial charge in [0, 0.05) is 28.9 Å². The van der Waals surface area contributed by atoms with E-state index in [-0.39, 0.29) is 5.78 Å². The van der Waals surface area contributed by atoms with Crippen molar-refractivity contribution in [3.05, 3.63) is 76.1 Å². The van der Waals surface area contributed by atoms with Crippen LogP contribution in [0.15, 0.2) is 48.7 Å². The van der Waals surface area contributed by atoms with Crippen molar-refractivity contribution in [3.8, 4) is 11.1 Å². The number of hydrogen-bond acceptors (Lipinski definition) is 6. The van der Waals surface area contributed by atoms with Gasteiger partial charge < -0.3 is 9.64 Å². The van der Waals surface area contributed by atoms with Crippen LogP contribution in [0.3, 0.4) is 0 Å². The number of aromatic nitrogens is 2. The maximum atomic E-state index is 12.9. The van der Waals surface area contributed by atoms with E-state index in [1.165, 1.54) is 5.56 Å². The Morgan fingerprint density at radius 1 is 1.17 bits per heavy atom. The third kappa shape index (κ3) is 4.70. The van der Waals surface area contributed by atoms with Crippen molar-refractivity contribution in [1.29, 1.82) is 0 Å². The minimum Gasteiger partial charge on any atom is -0.360 e. The van der Waals surface area contributed by atoms with E-state index in [1.54, 1.807) is 18.3 Å². The maximum Gasteiger partial charge on any atom is 0.187 e. The molecule has 0 fully saturated rings. The predicted octanol–water partition coefficient (Wildman–Crippen LogP) is 7.29. The summed E-state index contributed by atoms with van der Waals surface area (Å²) in [6.07, 6.45) is 1.15. The molecule has 1 atom stereocenters. The molecule has 0 aliphatic carbocycles.